The van der Waals surface area contributed by atoms with Crippen LogP contribution in [0.2, 0.25) is 0 Å². The molecular weight excluding hydrogens is 685 g/mol. The highest BCUT2D eigenvalue weighted by molar-refractivity contribution is 6.07. The summed E-state index contributed by atoms with van der Waals surface area (Å²) >= 11 is 0. The molecule has 0 saturated heterocycles. The van der Waals surface area contributed by atoms with E-state index in [1.165, 1.54) is 9.36 Å². The van der Waals surface area contributed by atoms with Gasteiger partial charge in [0.25, 0.3) is 17.0 Å². The van der Waals surface area contributed by atoms with Gasteiger partial charge >= 0.3 is 0 Å². The number of hydrogen-bond donors (Lipinski definition) is 2. The number of allylic oxidation sites excluding steroid dienone is 1. The number of aliphatic hydroxyl groups is 2. The Hall–Kier alpha value is -6.57. The summed E-state index contributed by atoms with van der Waals surface area (Å²) in [6.45, 7) is 2.44. The van der Waals surface area contributed by atoms with Crippen LogP contribution >= 0.6 is 0 Å². The van der Waals surface area contributed by atoms with Crippen molar-refractivity contribution in [1.29, 1.82) is 0 Å². The molecule has 0 fully saturated rings. The Bertz CT molecular complexity index is 2680. The van der Waals surface area contributed by atoms with Crippen molar-refractivity contribution in [2.75, 3.05) is 11.5 Å². The number of benzene rings is 4. The van der Waals surface area contributed by atoms with Crippen molar-refractivity contribution in [3.8, 4) is 11.4 Å². The summed E-state index contributed by atoms with van der Waals surface area (Å²) in [4.78, 5) is 42.7. The highest BCUT2D eigenvalue weighted by Gasteiger charge is 2.52. The van der Waals surface area contributed by atoms with Crippen LogP contribution in [0.15, 0.2) is 131 Å². The van der Waals surface area contributed by atoms with Gasteiger partial charge in [0, 0.05) is 48.0 Å². The summed E-state index contributed by atoms with van der Waals surface area (Å²) in [6.07, 6.45) is 9.74. The van der Waals surface area contributed by atoms with E-state index in [1.54, 1.807) is 83.6 Å². The van der Waals surface area contributed by atoms with Crippen LogP contribution in [0.1, 0.15) is 30.2 Å². The van der Waals surface area contributed by atoms with Crippen molar-refractivity contribution in [1.82, 2.24) is 34.6 Å². The molecule has 0 unspecified atom stereocenters. The normalized spacial score (nSPS) is 16.1. The predicted molar refractivity (Wildman–Crippen MR) is 203 cm³/mol. The molecule has 7 aromatic rings. The number of hydrogen-bond acceptors (Lipinski definition) is 9. The molecule has 2 atom stereocenters. The predicted octanol–water partition coefficient (Wildman–Crippen LogP) is 4.23. The van der Waals surface area contributed by atoms with Crippen LogP contribution < -0.4 is 16.0 Å². The van der Waals surface area contributed by atoms with Crippen LogP contribution in [-0.4, -0.2) is 57.3 Å². The molecular formula is C41H36N8O5. The van der Waals surface area contributed by atoms with E-state index < -0.39 is 17.4 Å². The van der Waals surface area contributed by atoms with Gasteiger partial charge in [0.15, 0.2) is 5.60 Å². The Morgan fingerprint density at radius 1 is 0.815 bits per heavy atom. The van der Waals surface area contributed by atoms with E-state index in [4.69, 9.17) is 0 Å². The molecule has 1 amide bonds. The van der Waals surface area contributed by atoms with Crippen molar-refractivity contribution < 1.29 is 15.0 Å². The van der Waals surface area contributed by atoms with Gasteiger partial charge in [0.05, 0.1) is 52.5 Å². The molecule has 1 aliphatic heterocycles. The van der Waals surface area contributed by atoms with E-state index in [0.717, 1.165) is 10.9 Å². The molecule has 3 aromatic heterocycles. The summed E-state index contributed by atoms with van der Waals surface area (Å²) in [7, 11) is 0. The van der Waals surface area contributed by atoms with Crippen LogP contribution in [0.25, 0.3) is 32.9 Å². The maximum atomic E-state index is 14.5. The zero-order valence-corrected chi connectivity index (χ0v) is 29.4. The van der Waals surface area contributed by atoms with Crippen molar-refractivity contribution in [3.05, 3.63) is 159 Å². The lowest BCUT2D eigenvalue weighted by Crippen LogP contribution is -2.44. The fourth-order valence-corrected chi connectivity index (χ4v) is 7.02. The summed E-state index contributed by atoms with van der Waals surface area (Å²) in [5, 5.41) is 41.1. The fraction of sp³-hybridized carbons (Fsp3) is 0.195. The van der Waals surface area contributed by atoms with Crippen molar-refractivity contribution in [2.24, 2.45) is 5.92 Å². The Morgan fingerprint density at radius 2 is 1.44 bits per heavy atom. The maximum absolute atomic E-state index is 14.5. The number of aromatic nitrogens is 7. The minimum absolute atomic E-state index is 0.00998. The number of aliphatic hydroxyl groups excluding tert-OH is 1. The molecule has 8 rings (SSSR count). The molecule has 4 heterocycles. The molecule has 1 aliphatic rings. The molecule has 13 heteroatoms. The zero-order chi connectivity index (χ0) is 37.4. The largest absolute Gasteiger partial charge is 0.396 e. The van der Waals surface area contributed by atoms with Gasteiger partial charge in [-0.25, -0.2) is 0 Å². The quantitative estimate of drug-likeness (QED) is 0.187. The minimum atomic E-state index is -1.97. The molecule has 2 N–H and O–H groups in total. The lowest BCUT2D eigenvalue weighted by Gasteiger charge is -2.28. The Balaban J connectivity index is 1.11. The zero-order valence-electron chi connectivity index (χ0n) is 29.4. The van der Waals surface area contributed by atoms with Crippen LogP contribution in [0.5, 0.6) is 0 Å². The summed E-state index contributed by atoms with van der Waals surface area (Å²) < 4.78 is 4.31. The number of anilines is 1. The summed E-state index contributed by atoms with van der Waals surface area (Å²) in [5.74, 6) is -1.17. The Morgan fingerprint density at radius 3 is 2.11 bits per heavy atom. The Kier molecular flexibility index (Phi) is 9.01. The first kappa shape index (κ1) is 34.5. The van der Waals surface area contributed by atoms with Gasteiger partial charge in [-0.15, -0.1) is 5.10 Å². The first-order valence-electron chi connectivity index (χ1n) is 17.7. The summed E-state index contributed by atoms with van der Waals surface area (Å²) in [5.41, 5.74) is 0.801. The summed E-state index contributed by atoms with van der Waals surface area (Å²) in [6, 6.07) is 26.8. The lowest BCUT2D eigenvalue weighted by atomic mass is 9.82. The number of carbonyl (C=O) groups excluding carboxylic acids is 1. The highest BCUT2D eigenvalue weighted by atomic mass is 16.3. The van der Waals surface area contributed by atoms with Gasteiger partial charge in [-0.3, -0.25) is 19.1 Å². The number of aryl methyl sites for hydroxylation is 1. The number of fused-ring (bicyclic) bond motifs is 3. The third kappa shape index (κ3) is 6.08. The van der Waals surface area contributed by atoms with Gasteiger partial charge in [-0.1, -0.05) is 72.8 Å². The van der Waals surface area contributed by atoms with Gasteiger partial charge < -0.3 is 15.1 Å². The standard InChI is InChI=1S/C41H36N8O5/c1-27(8-6-7-20-46-26-31(19-21-50)44-45-46)41(54)36-22-33(49-39(52)35-12-5-3-10-30(35)24-43-49)17-18-37(36)47(40(41)53)25-28-13-15-32(16-14-28)48-38(51)34-11-4-2-9-29(34)23-42-48/h2-6,8-18,22-24,26-27,50,54H,7,19-21,25H2,1H3/b8-6+/t27-,41+/m0/s1. The van der Waals surface area contributed by atoms with E-state index in [0.29, 0.717) is 63.9 Å². The van der Waals surface area contributed by atoms with Gasteiger partial charge in [-0.2, -0.15) is 19.6 Å². The van der Waals surface area contributed by atoms with Crippen LogP contribution in [0.3, 0.4) is 0 Å². The Labute approximate surface area is 308 Å². The van der Waals surface area contributed by atoms with E-state index in [1.807, 2.05) is 54.6 Å². The van der Waals surface area contributed by atoms with E-state index in [2.05, 4.69) is 20.5 Å². The third-order valence-corrected chi connectivity index (χ3v) is 9.97. The SMILES string of the molecule is C[C@@H](/C=C/CCn1cc(CCO)nn1)[C@]1(O)C(=O)N(Cc2ccc(-n3ncc4ccccc4c3=O)cc2)c2ccc(-n3ncc4ccccc4c3=O)cc21. The van der Waals surface area contributed by atoms with Crippen LogP contribution in [0, 0.1) is 5.92 Å². The first-order chi connectivity index (χ1) is 26.3. The van der Waals surface area contributed by atoms with Crippen LogP contribution in [-0.2, 0) is 29.9 Å². The van der Waals surface area contributed by atoms with Gasteiger partial charge in [0.1, 0.15) is 0 Å². The number of amides is 1. The van der Waals surface area contributed by atoms with Crippen molar-refractivity contribution in [3.63, 3.8) is 0 Å². The topological polar surface area (TPSA) is 161 Å². The average Bonchev–Trinajstić information content (AvgIpc) is 3.73. The molecule has 54 heavy (non-hydrogen) atoms. The molecule has 0 spiro atoms. The minimum Gasteiger partial charge on any atom is -0.396 e. The molecule has 13 nitrogen and oxygen atoms in total. The first-order valence-corrected chi connectivity index (χ1v) is 17.7. The van der Waals surface area contributed by atoms with E-state index in [-0.39, 0.29) is 24.3 Å². The number of carbonyl (C=O) groups is 1. The molecule has 0 aliphatic carbocycles. The maximum Gasteiger partial charge on any atom is 0.279 e. The van der Waals surface area contributed by atoms with Crippen molar-refractivity contribution >= 4 is 33.1 Å². The monoisotopic (exact) mass is 720 g/mol. The molecule has 4 aromatic carbocycles. The third-order valence-electron chi connectivity index (χ3n) is 9.97. The molecule has 0 saturated carbocycles. The molecule has 0 bridgehead atoms. The van der Waals surface area contributed by atoms with Crippen molar-refractivity contribution in [2.45, 2.75) is 38.5 Å². The highest BCUT2D eigenvalue weighted by Crippen LogP contribution is 2.46. The second-order valence-electron chi connectivity index (χ2n) is 13.4. The second-order valence-corrected chi connectivity index (χ2v) is 13.4. The van der Waals surface area contributed by atoms with Crippen LogP contribution in [0.4, 0.5) is 5.69 Å². The smallest absolute Gasteiger partial charge is 0.279 e. The fourth-order valence-electron chi connectivity index (χ4n) is 7.02. The van der Waals surface area contributed by atoms with E-state index in [9.17, 15) is 24.6 Å². The van der Waals surface area contributed by atoms with E-state index >= 15 is 0 Å². The number of rotatable bonds is 11. The molecule has 270 valence electrons. The molecule has 0 radical (unpaired) electrons. The van der Waals surface area contributed by atoms with Gasteiger partial charge in [0.2, 0.25) is 0 Å². The number of nitrogens with zero attached hydrogens (tertiary/aromatic N) is 8. The lowest BCUT2D eigenvalue weighted by molar-refractivity contribution is -0.139. The van der Waals surface area contributed by atoms with Gasteiger partial charge in [-0.05, 0) is 54.4 Å². The average molecular weight is 721 g/mol. The second kappa shape index (κ2) is 14.1.